The highest BCUT2D eigenvalue weighted by molar-refractivity contribution is 6.42. The highest BCUT2D eigenvalue weighted by Gasteiger charge is 2.32. The van der Waals surface area contributed by atoms with Gasteiger partial charge in [-0.2, -0.15) is 0 Å². The number of hydrogen-bond donors (Lipinski definition) is 1. The van der Waals surface area contributed by atoms with E-state index >= 15 is 0 Å². The molecule has 0 aliphatic carbocycles. The van der Waals surface area contributed by atoms with E-state index in [2.05, 4.69) is 9.80 Å². The largest absolute Gasteiger partial charge is 0.490 e. The molecule has 9 heteroatoms. The monoisotopic (exact) mass is 548 g/mol. The molecule has 0 aromatic heterocycles. The normalized spacial score (nSPS) is 19.0. The van der Waals surface area contributed by atoms with E-state index in [9.17, 15) is 9.90 Å². The Morgan fingerprint density at radius 1 is 0.941 bits per heavy atom. The molecule has 0 amide bonds. The summed E-state index contributed by atoms with van der Waals surface area (Å²) in [6.45, 7) is 4.78. The van der Waals surface area contributed by atoms with Crippen LogP contribution < -0.4 is 4.74 Å². The number of rotatable bonds is 7. The molecule has 4 rings (SSSR count). The van der Waals surface area contributed by atoms with Crippen LogP contribution in [0.3, 0.4) is 0 Å². The van der Waals surface area contributed by atoms with Crippen LogP contribution in [0.1, 0.15) is 37.3 Å². The van der Waals surface area contributed by atoms with Crippen LogP contribution in [0.5, 0.6) is 5.75 Å². The van der Waals surface area contributed by atoms with Gasteiger partial charge in [0.25, 0.3) is 0 Å². The summed E-state index contributed by atoms with van der Waals surface area (Å²) >= 11 is 12.1. The zero-order valence-electron chi connectivity index (χ0n) is 18.9. The predicted octanol–water partition coefficient (Wildman–Crippen LogP) is 6.22. The Hall–Kier alpha value is -1.21. The maximum atomic E-state index is 11.9. The van der Waals surface area contributed by atoms with Crippen molar-refractivity contribution in [3.8, 4) is 5.75 Å². The van der Waals surface area contributed by atoms with E-state index in [-0.39, 0.29) is 30.9 Å². The van der Waals surface area contributed by atoms with Crippen molar-refractivity contribution in [3.63, 3.8) is 0 Å². The summed E-state index contributed by atoms with van der Waals surface area (Å²) in [6, 6.07) is 14.4. The van der Waals surface area contributed by atoms with Crippen LogP contribution in [0.15, 0.2) is 48.5 Å². The average Bonchev–Trinajstić information content (AvgIpc) is 2.79. The molecule has 2 heterocycles. The lowest BCUT2D eigenvalue weighted by molar-refractivity contribution is -0.144. The molecule has 2 saturated heterocycles. The number of benzene rings is 2. The second-order valence-electron chi connectivity index (χ2n) is 8.82. The van der Waals surface area contributed by atoms with E-state index in [1.807, 2.05) is 36.4 Å². The summed E-state index contributed by atoms with van der Waals surface area (Å²) in [7, 11) is 0. The Balaban J connectivity index is 0.00000204. The minimum Gasteiger partial charge on any atom is -0.490 e. The van der Waals surface area contributed by atoms with Crippen LogP contribution >= 0.6 is 48.0 Å². The van der Waals surface area contributed by atoms with Crippen molar-refractivity contribution in [3.05, 3.63) is 64.1 Å². The number of carbonyl (C=O) groups is 1. The molecule has 2 aromatic rings. The number of nitrogens with zero attached hydrogens (tertiary/aromatic N) is 2. The van der Waals surface area contributed by atoms with Crippen LogP contribution in [0.2, 0.25) is 10.0 Å². The molecule has 2 aromatic carbocycles. The van der Waals surface area contributed by atoms with Gasteiger partial charge in [-0.25, -0.2) is 0 Å². The van der Waals surface area contributed by atoms with Crippen LogP contribution in [0.25, 0.3) is 0 Å². The van der Waals surface area contributed by atoms with Gasteiger partial charge in [-0.1, -0.05) is 53.5 Å². The van der Waals surface area contributed by atoms with Gasteiger partial charge in [-0.3, -0.25) is 9.69 Å². The zero-order valence-corrected chi connectivity index (χ0v) is 22.1. The molecule has 0 bridgehead atoms. The quantitative estimate of drug-likeness (QED) is 0.444. The summed E-state index contributed by atoms with van der Waals surface area (Å²) in [5, 5.41) is 10.8. The topological polar surface area (TPSA) is 53.0 Å². The van der Waals surface area contributed by atoms with Crippen molar-refractivity contribution in [1.29, 1.82) is 0 Å². The smallest absolute Gasteiger partial charge is 0.325 e. The number of halogens is 4. The van der Waals surface area contributed by atoms with Gasteiger partial charge in [-0.05, 0) is 62.4 Å². The minimum absolute atomic E-state index is 0. The van der Waals surface area contributed by atoms with Gasteiger partial charge in [0, 0.05) is 25.7 Å². The fourth-order valence-electron chi connectivity index (χ4n) is 4.86. The van der Waals surface area contributed by atoms with E-state index in [1.54, 1.807) is 12.1 Å². The third-order valence-electron chi connectivity index (χ3n) is 6.61. The number of piperidine rings is 2. The molecule has 0 spiro atoms. The molecule has 1 N–H and O–H groups in total. The molecular weight excluding hydrogens is 518 g/mol. The molecular formula is C25H32Cl4N2O3. The number of carboxylic acids is 1. The Bertz CT molecular complexity index is 902. The number of likely N-dealkylation sites (tertiary alicyclic amines) is 2. The van der Waals surface area contributed by atoms with Gasteiger partial charge in [0.15, 0.2) is 0 Å². The first-order chi connectivity index (χ1) is 15.5. The average molecular weight is 550 g/mol. The Morgan fingerprint density at radius 2 is 1.59 bits per heavy atom. The van der Waals surface area contributed by atoms with Crippen molar-refractivity contribution >= 4 is 54.0 Å². The molecule has 2 fully saturated rings. The predicted molar refractivity (Wildman–Crippen MR) is 142 cm³/mol. The number of carboxylic acid groups (broad SMARTS) is 1. The molecule has 1 atom stereocenters. The molecule has 34 heavy (non-hydrogen) atoms. The van der Waals surface area contributed by atoms with Crippen LogP contribution in [0.4, 0.5) is 0 Å². The maximum absolute atomic E-state index is 11.9. The first-order valence-electron chi connectivity index (χ1n) is 11.4. The SMILES string of the molecule is Cl.Cl.O=C(O)C(c1ccccc1)N1CCC(CN2CCC(Oc3ccc(Cl)c(Cl)c3)CC2)CC1. The highest BCUT2D eigenvalue weighted by Crippen LogP contribution is 2.30. The molecule has 2 aliphatic heterocycles. The fraction of sp³-hybridized carbons (Fsp3) is 0.480. The zero-order chi connectivity index (χ0) is 22.5. The van der Waals surface area contributed by atoms with Crippen LogP contribution in [0, 0.1) is 5.92 Å². The Kier molecular flexibility index (Phi) is 11.8. The van der Waals surface area contributed by atoms with E-state index < -0.39 is 12.0 Å². The van der Waals surface area contributed by atoms with Crippen molar-refractivity contribution in [2.75, 3.05) is 32.7 Å². The minimum atomic E-state index is -0.765. The second kappa shape index (κ2) is 13.8. The molecule has 5 nitrogen and oxygen atoms in total. The summed E-state index contributed by atoms with van der Waals surface area (Å²) in [5.74, 6) is 0.624. The number of aliphatic carboxylic acids is 1. The van der Waals surface area contributed by atoms with Gasteiger partial charge in [0.2, 0.25) is 0 Å². The lowest BCUT2D eigenvalue weighted by atomic mass is 9.93. The van der Waals surface area contributed by atoms with Crippen LogP contribution in [-0.2, 0) is 4.79 Å². The molecule has 2 aliphatic rings. The molecule has 0 radical (unpaired) electrons. The summed E-state index contributed by atoms with van der Waals surface area (Å²) in [6.07, 6.45) is 4.27. The van der Waals surface area contributed by atoms with Gasteiger partial charge < -0.3 is 14.7 Å². The van der Waals surface area contributed by atoms with E-state index in [0.29, 0.717) is 16.0 Å². The first-order valence-corrected chi connectivity index (χ1v) is 12.1. The Labute approximate surface area is 224 Å². The third-order valence-corrected chi connectivity index (χ3v) is 7.35. The Morgan fingerprint density at radius 3 is 2.18 bits per heavy atom. The third kappa shape index (κ3) is 7.64. The molecule has 1 unspecified atom stereocenters. The van der Waals surface area contributed by atoms with Gasteiger partial charge in [0.1, 0.15) is 17.9 Å². The highest BCUT2D eigenvalue weighted by atomic mass is 35.5. The second-order valence-corrected chi connectivity index (χ2v) is 9.64. The number of hydrogen-bond acceptors (Lipinski definition) is 4. The number of ether oxygens (including phenoxy) is 1. The van der Waals surface area contributed by atoms with Gasteiger partial charge in [0.05, 0.1) is 10.0 Å². The summed E-state index contributed by atoms with van der Waals surface area (Å²) in [4.78, 5) is 16.6. The molecule has 0 saturated carbocycles. The summed E-state index contributed by atoms with van der Waals surface area (Å²) < 4.78 is 6.10. The summed E-state index contributed by atoms with van der Waals surface area (Å²) in [5.41, 5.74) is 0.863. The van der Waals surface area contributed by atoms with Crippen LogP contribution in [-0.4, -0.2) is 59.7 Å². The molecule has 188 valence electrons. The first kappa shape index (κ1) is 29.0. The van der Waals surface area contributed by atoms with Gasteiger partial charge in [-0.15, -0.1) is 24.8 Å². The van der Waals surface area contributed by atoms with Crippen molar-refractivity contribution in [1.82, 2.24) is 9.80 Å². The van der Waals surface area contributed by atoms with E-state index in [4.69, 9.17) is 27.9 Å². The standard InChI is InChI=1S/C25H30Cl2N2O3.2ClH/c26-22-7-6-21(16-23(22)27)32-20-10-12-28(13-11-20)17-18-8-14-29(15-9-18)24(25(30)31)19-4-2-1-3-5-19;;/h1-7,16,18,20,24H,8-15,17H2,(H,30,31);2*1H. The lowest BCUT2D eigenvalue weighted by Gasteiger charge is -2.39. The van der Waals surface area contributed by atoms with E-state index in [0.717, 1.165) is 69.7 Å². The van der Waals surface area contributed by atoms with E-state index in [1.165, 1.54) is 0 Å². The maximum Gasteiger partial charge on any atom is 0.325 e. The van der Waals surface area contributed by atoms with Crippen molar-refractivity contribution < 1.29 is 14.6 Å². The fourth-order valence-corrected chi connectivity index (χ4v) is 5.14. The van der Waals surface area contributed by atoms with Gasteiger partial charge >= 0.3 is 5.97 Å². The van der Waals surface area contributed by atoms with Crippen molar-refractivity contribution in [2.45, 2.75) is 37.8 Å². The van der Waals surface area contributed by atoms with Crippen molar-refractivity contribution in [2.24, 2.45) is 5.92 Å². The lowest BCUT2D eigenvalue weighted by Crippen LogP contribution is -2.45.